The van der Waals surface area contributed by atoms with Crippen LogP contribution in [0.2, 0.25) is 0 Å². The summed E-state index contributed by atoms with van der Waals surface area (Å²) in [6, 6.07) is 21.4. The average molecular weight is 458 g/mol. The zero-order valence-corrected chi connectivity index (χ0v) is 20.0. The number of nitrogens with one attached hydrogen (secondary N) is 1. The summed E-state index contributed by atoms with van der Waals surface area (Å²) in [5.41, 5.74) is 5.10. The van der Waals surface area contributed by atoms with E-state index in [4.69, 9.17) is 14.5 Å². The van der Waals surface area contributed by atoms with Crippen LogP contribution in [-0.2, 0) is 13.0 Å². The van der Waals surface area contributed by atoms with E-state index in [0.29, 0.717) is 25.3 Å². The minimum atomic E-state index is -0.0851. The normalized spacial score (nSPS) is 10.9. The van der Waals surface area contributed by atoms with E-state index in [1.54, 1.807) is 31.4 Å². The number of aromatic nitrogens is 2. The summed E-state index contributed by atoms with van der Waals surface area (Å²) in [7, 11) is 1.61. The smallest absolute Gasteiger partial charge is 0.251 e. The topological polar surface area (TPSA) is 65.4 Å². The molecule has 1 N–H and O–H groups in total. The van der Waals surface area contributed by atoms with Gasteiger partial charge in [0.2, 0.25) is 0 Å². The fraction of sp³-hybridized carbons (Fsp3) is 0.286. The van der Waals surface area contributed by atoms with E-state index in [9.17, 15) is 4.79 Å². The predicted molar refractivity (Wildman–Crippen MR) is 135 cm³/mol. The van der Waals surface area contributed by atoms with E-state index in [1.165, 1.54) is 11.1 Å². The lowest BCUT2D eigenvalue weighted by Gasteiger charge is -2.13. The summed E-state index contributed by atoms with van der Waals surface area (Å²) in [5, 5.41) is 2.99. The van der Waals surface area contributed by atoms with Gasteiger partial charge in [-0.2, -0.15) is 0 Å². The number of para-hydroxylation sites is 2. The number of carbonyl (C=O) groups excluding carboxylic acids is 1. The monoisotopic (exact) mass is 457 g/mol. The first-order valence-corrected chi connectivity index (χ1v) is 11.6. The minimum Gasteiger partial charge on any atom is -0.497 e. The summed E-state index contributed by atoms with van der Waals surface area (Å²) in [4.78, 5) is 17.2. The van der Waals surface area contributed by atoms with Gasteiger partial charge in [-0.15, -0.1) is 0 Å². The first-order valence-electron chi connectivity index (χ1n) is 11.6. The van der Waals surface area contributed by atoms with Crippen molar-refractivity contribution in [1.82, 2.24) is 14.9 Å². The molecule has 0 bridgehead atoms. The number of aryl methyl sites for hydroxylation is 2. The number of rotatable bonds is 10. The second kappa shape index (κ2) is 10.9. The molecule has 0 aliphatic rings. The molecule has 0 spiro atoms. The third-order valence-electron chi connectivity index (χ3n) is 6.08. The van der Waals surface area contributed by atoms with Crippen molar-refractivity contribution in [3.05, 3.63) is 89.2 Å². The zero-order valence-electron chi connectivity index (χ0n) is 20.0. The summed E-state index contributed by atoms with van der Waals surface area (Å²) >= 11 is 0. The number of imidazole rings is 1. The maximum absolute atomic E-state index is 12.4. The molecule has 176 valence electrons. The molecule has 4 rings (SSSR count). The van der Waals surface area contributed by atoms with Crippen LogP contribution in [0.1, 0.15) is 33.7 Å². The maximum atomic E-state index is 12.4. The highest BCUT2D eigenvalue weighted by atomic mass is 16.5. The van der Waals surface area contributed by atoms with Crippen LogP contribution in [0.25, 0.3) is 11.0 Å². The van der Waals surface area contributed by atoms with Crippen LogP contribution in [0.5, 0.6) is 11.5 Å². The number of amides is 1. The molecule has 6 nitrogen and oxygen atoms in total. The Morgan fingerprint density at radius 1 is 1.00 bits per heavy atom. The van der Waals surface area contributed by atoms with Crippen LogP contribution < -0.4 is 14.8 Å². The number of hydrogen-bond donors (Lipinski definition) is 1. The van der Waals surface area contributed by atoms with Crippen molar-refractivity contribution in [3.63, 3.8) is 0 Å². The largest absolute Gasteiger partial charge is 0.497 e. The van der Waals surface area contributed by atoms with Gasteiger partial charge in [0, 0.05) is 18.5 Å². The van der Waals surface area contributed by atoms with Gasteiger partial charge in [0.15, 0.2) is 0 Å². The van der Waals surface area contributed by atoms with Gasteiger partial charge in [0.1, 0.15) is 23.9 Å². The number of ether oxygens (including phenoxy) is 2. The van der Waals surface area contributed by atoms with Crippen LogP contribution in [0.15, 0.2) is 66.7 Å². The Hall–Kier alpha value is -3.80. The highest BCUT2D eigenvalue weighted by molar-refractivity contribution is 5.94. The average Bonchev–Trinajstić information content (AvgIpc) is 3.21. The first-order chi connectivity index (χ1) is 16.6. The lowest BCUT2D eigenvalue weighted by molar-refractivity contribution is 0.0953. The maximum Gasteiger partial charge on any atom is 0.251 e. The van der Waals surface area contributed by atoms with Crippen molar-refractivity contribution in [1.29, 1.82) is 0 Å². The van der Waals surface area contributed by atoms with Crippen LogP contribution >= 0.6 is 0 Å². The predicted octanol–water partition coefficient (Wildman–Crippen LogP) is 5.10. The molecule has 4 aromatic rings. The molecule has 0 atom stereocenters. The lowest BCUT2D eigenvalue weighted by Crippen LogP contribution is -2.25. The molecule has 0 saturated heterocycles. The van der Waals surface area contributed by atoms with Crippen molar-refractivity contribution in [2.24, 2.45) is 0 Å². The van der Waals surface area contributed by atoms with Gasteiger partial charge < -0.3 is 19.4 Å². The molecule has 1 heterocycles. The molecule has 0 unspecified atom stereocenters. The van der Waals surface area contributed by atoms with Gasteiger partial charge in [0.25, 0.3) is 5.91 Å². The van der Waals surface area contributed by atoms with E-state index < -0.39 is 0 Å². The molecule has 0 aliphatic heterocycles. The Kier molecular flexibility index (Phi) is 7.48. The fourth-order valence-electron chi connectivity index (χ4n) is 3.99. The molecule has 0 radical (unpaired) electrons. The number of fused-ring (bicyclic) bond motifs is 1. The van der Waals surface area contributed by atoms with Crippen molar-refractivity contribution in [3.8, 4) is 11.5 Å². The Morgan fingerprint density at radius 3 is 2.59 bits per heavy atom. The van der Waals surface area contributed by atoms with Crippen molar-refractivity contribution < 1.29 is 14.3 Å². The highest BCUT2D eigenvalue weighted by Crippen LogP contribution is 2.22. The number of benzene rings is 3. The van der Waals surface area contributed by atoms with Gasteiger partial charge in [-0.25, -0.2) is 4.98 Å². The number of nitrogens with zero attached hydrogens (tertiary/aromatic N) is 2. The molecule has 0 saturated carbocycles. The molecule has 6 heteroatoms. The Bertz CT molecular complexity index is 1260. The summed E-state index contributed by atoms with van der Waals surface area (Å²) in [5.74, 6) is 2.58. The number of hydrogen-bond acceptors (Lipinski definition) is 4. The molecule has 1 aromatic heterocycles. The zero-order chi connectivity index (χ0) is 23.9. The van der Waals surface area contributed by atoms with Crippen LogP contribution in [0.4, 0.5) is 0 Å². The fourth-order valence-corrected chi connectivity index (χ4v) is 3.99. The lowest BCUT2D eigenvalue weighted by atomic mass is 10.1. The van der Waals surface area contributed by atoms with Gasteiger partial charge in [0.05, 0.1) is 24.7 Å². The highest BCUT2D eigenvalue weighted by Gasteiger charge is 2.12. The van der Waals surface area contributed by atoms with E-state index in [2.05, 4.69) is 35.9 Å². The quantitative estimate of drug-likeness (QED) is 0.336. The van der Waals surface area contributed by atoms with E-state index in [1.807, 2.05) is 30.3 Å². The Morgan fingerprint density at radius 2 is 1.79 bits per heavy atom. The molecule has 0 fully saturated rings. The molecular weight excluding hydrogens is 426 g/mol. The van der Waals surface area contributed by atoms with Crippen LogP contribution in [0.3, 0.4) is 0 Å². The van der Waals surface area contributed by atoms with Crippen LogP contribution in [-0.4, -0.2) is 35.7 Å². The molecule has 3 aromatic carbocycles. The Labute approximate surface area is 200 Å². The van der Waals surface area contributed by atoms with Gasteiger partial charge >= 0.3 is 0 Å². The minimum absolute atomic E-state index is 0.0851. The summed E-state index contributed by atoms with van der Waals surface area (Å²) < 4.78 is 13.5. The number of carbonyl (C=O) groups is 1. The first kappa shape index (κ1) is 23.4. The number of methoxy groups -OCH3 is 1. The molecule has 34 heavy (non-hydrogen) atoms. The Balaban J connectivity index is 1.36. The standard InChI is InChI=1S/C28H31N3O3/c1-20-8-6-11-26(21(20)2)34-19-18-31-25-10-5-4-9-24(25)30-27(31)12-7-17-29-28(32)22-13-15-23(33-3)16-14-22/h4-6,8-11,13-16H,7,12,17-19H2,1-3H3,(H,29,32). The summed E-state index contributed by atoms with van der Waals surface area (Å²) in [6.07, 6.45) is 1.56. The second-order valence-electron chi connectivity index (χ2n) is 8.30. The van der Waals surface area contributed by atoms with Crippen molar-refractivity contribution >= 4 is 16.9 Å². The third kappa shape index (κ3) is 5.39. The van der Waals surface area contributed by atoms with E-state index in [0.717, 1.165) is 41.2 Å². The molecule has 1 amide bonds. The summed E-state index contributed by atoms with van der Waals surface area (Å²) in [6.45, 7) is 6.03. The SMILES string of the molecule is COc1ccc(C(=O)NCCCc2nc3ccccc3n2CCOc2cccc(C)c2C)cc1. The van der Waals surface area contributed by atoms with Crippen molar-refractivity contribution in [2.45, 2.75) is 33.2 Å². The second-order valence-corrected chi connectivity index (χ2v) is 8.30. The molecular formula is C28H31N3O3. The van der Waals surface area contributed by atoms with Gasteiger partial charge in [-0.1, -0.05) is 24.3 Å². The van der Waals surface area contributed by atoms with E-state index in [-0.39, 0.29) is 5.91 Å². The van der Waals surface area contributed by atoms with Gasteiger partial charge in [-0.05, 0) is 73.9 Å². The van der Waals surface area contributed by atoms with Crippen LogP contribution in [0, 0.1) is 13.8 Å². The van der Waals surface area contributed by atoms with Gasteiger partial charge in [-0.3, -0.25) is 4.79 Å². The van der Waals surface area contributed by atoms with Crippen molar-refractivity contribution in [2.75, 3.05) is 20.3 Å². The third-order valence-corrected chi connectivity index (χ3v) is 6.08. The molecule has 0 aliphatic carbocycles. The van der Waals surface area contributed by atoms with E-state index >= 15 is 0 Å².